The molecular formula is C16H37N. The third-order valence-electron chi connectivity index (χ3n) is 2.65. The molecule has 1 heteroatoms. The maximum Gasteiger partial charge on any atom is -0.00399 e. The molecule has 0 aliphatic heterocycles. The first kappa shape index (κ1) is 21.9. The Kier molecular flexibility index (Phi) is 27.1. The Labute approximate surface area is 111 Å². The predicted molar refractivity (Wildman–Crippen MR) is 83.4 cm³/mol. The van der Waals surface area contributed by atoms with Crippen LogP contribution in [0.1, 0.15) is 80.1 Å². The van der Waals surface area contributed by atoms with Crippen LogP contribution in [-0.2, 0) is 0 Å². The maximum absolute atomic E-state index is 5.48. The molecule has 1 aliphatic rings. The summed E-state index contributed by atoms with van der Waals surface area (Å²) in [5, 5.41) is 0. The maximum atomic E-state index is 5.48. The Morgan fingerprint density at radius 1 is 0.941 bits per heavy atom. The van der Waals surface area contributed by atoms with Gasteiger partial charge in [0.25, 0.3) is 0 Å². The Bertz CT molecular complexity index is 123. The molecule has 17 heavy (non-hydrogen) atoms. The zero-order chi connectivity index (χ0) is 14.1. The van der Waals surface area contributed by atoms with Gasteiger partial charge in [-0.3, -0.25) is 0 Å². The summed E-state index contributed by atoms with van der Waals surface area (Å²) in [6.45, 7) is 16.9. The van der Waals surface area contributed by atoms with Crippen molar-refractivity contribution in [1.82, 2.24) is 0 Å². The zero-order valence-electron chi connectivity index (χ0n) is 13.3. The third-order valence-corrected chi connectivity index (χ3v) is 2.65. The Hall–Kier alpha value is -0.300. The van der Waals surface area contributed by atoms with Crippen molar-refractivity contribution in [3.8, 4) is 0 Å². The highest BCUT2D eigenvalue weighted by atomic mass is 14.5. The first-order valence-corrected chi connectivity index (χ1v) is 7.72. The highest BCUT2D eigenvalue weighted by molar-refractivity contribution is 5.01. The average Bonchev–Trinajstić information content (AvgIpc) is 2.46. The fourth-order valence-corrected chi connectivity index (χ4v) is 1.90. The van der Waals surface area contributed by atoms with Crippen molar-refractivity contribution in [3.05, 3.63) is 12.2 Å². The van der Waals surface area contributed by atoms with Gasteiger partial charge < -0.3 is 5.73 Å². The SMILES string of the molecule is C=C(CCN)C1CCCCC1.CC.CC.CC. The van der Waals surface area contributed by atoms with Gasteiger partial charge in [-0.05, 0) is 31.7 Å². The van der Waals surface area contributed by atoms with Gasteiger partial charge in [-0.1, -0.05) is 73.0 Å². The van der Waals surface area contributed by atoms with E-state index in [1.165, 1.54) is 37.7 Å². The fourth-order valence-electron chi connectivity index (χ4n) is 1.90. The van der Waals surface area contributed by atoms with Gasteiger partial charge >= 0.3 is 0 Å². The molecule has 0 aromatic heterocycles. The van der Waals surface area contributed by atoms with Gasteiger partial charge in [0, 0.05) is 0 Å². The van der Waals surface area contributed by atoms with E-state index in [1.54, 1.807) is 0 Å². The molecule has 2 N–H and O–H groups in total. The Morgan fingerprint density at radius 2 is 1.35 bits per heavy atom. The van der Waals surface area contributed by atoms with Crippen molar-refractivity contribution in [2.75, 3.05) is 6.54 Å². The summed E-state index contributed by atoms with van der Waals surface area (Å²) in [6, 6.07) is 0. The first-order valence-electron chi connectivity index (χ1n) is 7.72. The van der Waals surface area contributed by atoms with E-state index in [-0.39, 0.29) is 0 Å². The van der Waals surface area contributed by atoms with Crippen LogP contribution >= 0.6 is 0 Å². The van der Waals surface area contributed by atoms with Crippen LogP contribution in [0.25, 0.3) is 0 Å². The van der Waals surface area contributed by atoms with Gasteiger partial charge in [0.05, 0.1) is 0 Å². The molecule has 0 radical (unpaired) electrons. The number of hydrogen-bond acceptors (Lipinski definition) is 1. The topological polar surface area (TPSA) is 26.0 Å². The number of nitrogens with two attached hydrogens (primary N) is 1. The molecule has 0 unspecified atom stereocenters. The molecule has 106 valence electrons. The molecule has 1 fully saturated rings. The Balaban J connectivity index is -0.000000285. The zero-order valence-corrected chi connectivity index (χ0v) is 13.3. The first-order chi connectivity index (χ1) is 8.34. The van der Waals surface area contributed by atoms with Crippen LogP contribution in [0, 0.1) is 5.92 Å². The van der Waals surface area contributed by atoms with Gasteiger partial charge in [-0.25, -0.2) is 0 Å². The van der Waals surface area contributed by atoms with E-state index in [2.05, 4.69) is 6.58 Å². The summed E-state index contributed by atoms with van der Waals surface area (Å²) in [5.74, 6) is 0.798. The molecule has 0 spiro atoms. The molecule has 1 saturated carbocycles. The summed E-state index contributed by atoms with van der Waals surface area (Å²) >= 11 is 0. The van der Waals surface area contributed by atoms with E-state index in [9.17, 15) is 0 Å². The summed E-state index contributed by atoms with van der Waals surface area (Å²) in [5.41, 5.74) is 6.87. The van der Waals surface area contributed by atoms with Crippen molar-refractivity contribution in [1.29, 1.82) is 0 Å². The predicted octanol–water partition coefficient (Wildman–Crippen LogP) is 5.55. The summed E-state index contributed by atoms with van der Waals surface area (Å²) in [7, 11) is 0. The standard InChI is InChI=1S/C10H19N.3C2H6/c1-9(7-8-11)10-5-3-2-4-6-10;3*1-2/h10H,1-8,11H2;3*1-2H3. The lowest BCUT2D eigenvalue weighted by atomic mass is 9.83. The summed E-state index contributed by atoms with van der Waals surface area (Å²) in [4.78, 5) is 0. The Morgan fingerprint density at radius 3 is 1.71 bits per heavy atom. The van der Waals surface area contributed by atoms with Gasteiger partial charge in [0.15, 0.2) is 0 Å². The normalized spacial score (nSPS) is 14.1. The van der Waals surface area contributed by atoms with E-state index < -0.39 is 0 Å². The van der Waals surface area contributed by atoms with E-state index in [1.807, 2.05) is 41.5 Å². The van der Waals surface area contributed by atoms with Crippen LogP contribution in [-0.4, -0.2) is 6.54 Å². The number of rotatable bonds is 3. The van der Waals surface area contributed by atoms with E-state index in [4.69, 9.17) is 5.73 Å². The highest BCUT2D eigenvalue weighted by Gasteiger charge is 2.15. The fraction of sp³-hybridized carbons (Fsp3) is 0.875. The van der Waals surface area contributed by atoms with Gasteiger partial charge in [0.2, 0.25) is 0 Å². The second-order valence-electron chi connectivity index (χ2n) is 3.53. The van der Waals surface area contributed by atoms with Crippen molar-refractivity contribution < 1.29 is 0 Å². The molecule has 1 nitrogen and oxygen atoms in total. The molecule has 1 aliphatic carbocycles. The molecule has 0 aromatic carbocycles. The lowest BCUT2D eigenvalue weighted by Gasteiger charge is -2.23. The van der Waals surface area contributed by atoms with Gasteiger partial charge in [-0.2, -0.15) is 0 Å². The quantitative estimate of drug-likeness (QED) is 0.646. The van der Waals surface area contributed by atoms with Crippen LogP contribution in [0.2, 0.25) is 0 Å². The monoisotopic (exact) mass is 243 g/mol. The summed E-state index contributed by atoms with van der Waals surface area (Å²) in [6.07, 6.45) is 7.97. The molecular weight excluding hydrogens is 206 g/mol. The molecule has 0 amide bonds. The highest BCUT2D eigenvalue weighted by Crippen LogP contribution is 2.29. The third kappa shape index (κ3) is 13.6. The van der Waals surface area contributed by atoms with Crippen LogP contribution in [0.4, 0.5) is 0 Å². The van der Waals surface area contributed by atoms with Gasteiger partial charge in [0.1, 0.15) is 0 Å². The molecule has 0 heterocycles. The van der Waals surface area contributed by atoms with Crippen molar-refractivity contribution in [2.24, 2.45) is 11.7 Å². The van der Waals surface area contributed by atoms with Crippen molar-refractivity contribution >= 4 is 0 Å². The number of hydrogen-bond donors (Lipinski definition) is 1. The van der Waals surface area contributed by atoms with E-state index in [0.29, 0.717) is 0 Å². The lowest BCUT2D eigenvalue weighted by molar-refractivity contribution is 0.396. The van der Waals surface area contributed by atoms with Crippen LogP contribution in [0.3, 0.4) is 0 Å². The van der Waals surface area contributed by atoms with Crippen LogP contribution < -0.4 is 5.73 Å². The molecule has 0 atom stereocenters. The van der Waals surface area contributed by atoms with Gasteiger partial charge in [-0.15, -0.1) is 0 Å². The van der Waals surface area contributed by atoms with Crippen LogP contribution in [0.15, 0.2) is 12.2 Å². The largest absolute Gasteiger partial charge is 0.330 e. The van der Waals surface area contributed by atoms with Crippen molar-refractivity contribution in [2.45, 2.75) is 80.1 Å². The minimum absolute atomic E-state index is 0.773. The lowest BCUT2D eigenvalue weighted by Crippen LogP contribution is -2.11. The minimum Gasteiger partial charge on any atom is -0.330 e. The second kappa shape index (κ2) is 21.0. The molecule has 1 rings (SSSR count). The van der Waals surface area contributed by atoms with Crippen molar-refractivity contribution in [3.63, 3.8) is 0 Å². The molecule has 0 aromatic rings. The summed E-state index contributed by atoms with van der Waals surface area (Å²) < 4.78 is 0. The molecule has 0 bridgehead atoms. The van der Waals surface area contributed by atoms with E-state index >= 15 is 0 Å². The second-order valence-corrected chi connectivity index (χ2v) is 3.53. The molecule has 0 saturated heterocycles. The smallest absolute Gasteiger partial charge is 0.00399 e. The average molecular weight is 243 g/mol. The minimum atomic E-state index is 0.773. The van der Waals surface area contributed by atoms with E-state index in [0.717, 1.165) is 18.9 Å². The van der Waals surface area contributed by atoms with Crippen LogP contribution in [0.5, 0.6) is 0 Å².